The summed E-state index contributed by atoms with van der Waals surface area (Å²) in [6, 6.07) is 10.0. The average Bonchev–Trinajstić information content (AvgIpc) is 2.46. The molecular formula is C15H19N5. The van der Waals surface area contributed by atoms with Crippen molar-refractivity contribution in [2.24, 2.45) is 0 Å². The Morgan fingerprint density at radius 1 is 1.15 bits per heavy atom. The van der Waals surface area contributed by atoms with Gasteiger partial charge in [-0.1, -0.05) is 6.08 Å². The van der Waals surface area contributed by atoms with E-state index in [1.54, 1.807) is 6.08 Å². The standard InChI is InChI=1S/C15H19N5/c1-4-9-16-14-10-15(18-11-17-14)19-12-5-7-13(8-6-12)20(2)3/h4-8,10-11H,1,9H2,2-3H3,(H2,16,17,18,19). The van der Waals surface area contributed by atoms with Gasteiger partial charge in [0, 0.05) is 38.1 Å². The third-order valence-corrected chi connectivity index (χ3v) is 2.75. The number of benzene rings is 1. The Morgan fingerprint density at radius 2 is 1.85 bits per heavy atom. The summed E-state index contributed by atoms with van der Waals surface area (Å²) in [6.07, 6.45) is 3.32. The summed E-state index contributed by atoms with van der Waals surface area (Å²) in [5.41, 5.74) is 2.15. The average molecular weight is 269 g/mol. The molecule has 0 aliphatic heterocycles. The van der Waals surface area contributed by atoms with E-state index in [2.05, 4.69) is 44.2 Å². The van der Waals surface area contributed by atoms with Crippen LogP contribution in [0.1, 0.15) is 0 Å². The zero-order chi connectivity index (χ0) is 14.4. The molecule has 0 spiro atoms. The number of hydrogen-bond acceptors (Lipinski definition) is 5. The van der Waals surface area contributed by atoms with Gasteiger partial charge in [0.15, 0.2) is 0 Å². The lowest BCUT2D eigenvalue weighted by atomic mass is 10.2. The summed E-state index contributed by atoms with van der Waals surface area (Å²) in [6.45, 7) is 4.34. The van der Waals surface area contributed by atoms with E-state index in [0.29, 0.717) is 6.54 Å². The lowest BCUT2D eigenvalue weighted by Gasteiger charge is -2.13. The highest BCUT2D eigenvalue weighted by molar-refractivity contribution is 5.62. The first-order valence-electron chi connectivity index (χ1n) is 6.40. The van der Waals surface area contributed by atoms with Gasteiger partial charge in [-0.25, -0.2) is 9.97 Å². The second kappa shape index (κ2) is 6.56. The molecule has 0 saturated heterocycles. The minimum atomic E-state index is 0.675. The second-order valence-electron chi connectivity index (χ2n) is 4.52. The quantitative estimate of drug-likeness (QED) is 0.790. The third kappa shape index (κ3) is 3.71. The largest absolute Gasteiger partial charge is 0.378 e. The van der Waals surface area contributed by atoms with Crippen LogP contribution in [-0.2, 0) is 0 Å². The van der Waals surface area contributed by atoms with Crippen LogP contribution in [0, 0.1) is 0 Å². The molecule has 0 aliphatic rings. The van der Waals surface area contributed by atoms with E-state index in [1.165, 1.54) is 6.33 Å². The van der Waals surface area contributed by atoms with Crippen LogP contribution in [0.3, 0.4) is 0 Å². The molecule has 0 fully saturated rings. The van der Waals surface area contributed by atoms with E-state index in [-0.39, 0.29) is 0 Å². The molecular weight excluding hydrogens is 250 g/mol. The van der Waals surface area contributed by atoms with Crippen LogP contribution in [0.25, 0.3) is 0 Å². The molecule has 0 radical (unpaired) electrons. The van der Waals surface area contributed by atoms with E-state index in [9.17, 15) is 0 Å². The topological polar surface area (TPSA) is 53.1 Å². The number of nitrogens with one attached hydrogen (secondary N) is 2. The van der Waals surface area contributed by atoms with Gasteiger partial charge in [-0.2, -0.15) is 0 Å². The molecule has 1 aromatic carbocycles. The first-order chi connectivity index (χ1) is 9.69. The number of hydrogen-bond donors (Lipinski definition) is 2. The van der Waals surface area contributed by atoms with Gasteiger partial charge in [0.1, 0.15) is 18.0 Å². The summed E-state index contributed by atoms with van der Waals surface area (Å²) in [4.78, 5) is 10.4. The van der Waals surface area contributed by atoms with Crippen LogP contribution in [0.15, 0.2) is 49.3 Å². The minimum absolute atomic E-state index is 0.675. The van der Waals surface area contributed by atoms with Gasteiger partial charge in [0.25, 0.3) is 0 Å². The molecule has 0 atom stereocenters. The number of aromatic nitrogens is 2. The van der Waals surface area contributed by atoms with Crippen molar-refractivity contribution in [2.45, 2.75) is 0 Å². The molecule has 0 amide bonds. The summed E-state index contributed by atoms with van der Waals surface area (Å²) in [5.74, 6) is 1.52. The highest BCUT2D eigenvalue weighted by atomic mass is 15.1. The number of nitrogens with zero attached hydrogens (tertiary/aromatic N) is 3. The van der Waals surface area contributed by atoms with Crippen LogP contribution in [0.5, 0.6) is 0 Å². The molecule has 2 N–H and O–H groups in total. The lowest BCUT2D eigenvalue weighted by Crippen LogP contribution is -2.08. The molecule has 5 heteroatoms. The molecule has 2 rings (SSSR count). The summed E-state index contributed by atoms with van der Waals surface area (Å²) >= 11 is 0. The fourth-order valence-corrected chi connectivity index (χ4v) is 1.69. The van der Waals surface area contributed by atoms with Crippen molar-refractivity contribution in [1.82, 2.24) is 9.97 Å². The molecule has 0 aliphatic carbocycles. The molecule has 1 aromatic heterocycles. The van der Waals surface area contributed by atoms with Gasteiger partial charge >= 0.3 is 0 Å². The Labute approximate surface area is 119 Å². The molecule has 0 unspecified atom stereocenters. The number of anilines is 4. The fraction of sp³-hybridized carbons (Fsp3) is 0.200. The van der Waals surface area contributed by atoms with Crippen molar-refractivity contribution in [2.75, 3.05) is 36.2 Å². The molecule has 20 heavy (non-hydrogen) atoms. The highest BCUT2D eigenvalue weighted by Crippen LogP contribution is 2.19. The first-order valence-corrected chi connectivity index (χ1v) is 6.40. The zero-order valence-corrected chi connectivity index (χ0v) is 11.8. The Bertz CT molecular complexity index is 563. The summed E-state index contributed by atoms with van der Waals surface area (Å²) in [5, 5.41) is 6.38. The van der Waals surface area contributed by atoms with E-state index < -0.39 is 0 Å². The van der Waals surface area contributed by atoms with Crippen LogP contribution < -0.4 is 15.5 Å². The van der Waals surface area contributed by atoms with Gasteiger partial charge in [0.2, 0.25) is 0 Å². The van der Waals surface area contributed by atoms with Crippen LogP contribution in [0.2, 0.25) is 0 Å². The molecule has 2 aromatic rings. The Balaban J connectivity index is 2.07. The Hall–Kier alpha value is -2.56. The third-order valence-electron chi connectivity index (χ3n) is 2.75. The smallest absolute Gasteiger partial charge is 0.135 e. The molecule has 5 nitrogen and oxygen atoms in total. The van der Waals surface area contributed by atoms with Crippen molar-refractivity contribution in [3.8, 4) is 0 Å². The summed E-state index contributed by atoms with van der Waals surface area (Å²) < 4.78 is 0. The maximum absolute atomic E-state index is 4.20. The predicted octanol–water partition coefficient (Wildman–Crippen LogP) is 2.88. The zero-order valence-electron chi connectivity index (χ0n) is 11.8. The van der Waals surface area contributed by atoms with Gasteiger partial charge < -0.3 is 15.5 Å². The number of rotatable bonds is 6. The van der Waals surface area contributed by atoms with Crippen LogP contribution in [0.4, 0.5) is 23.0 Å². The SMILES string of the molecule is C=CCNc1cc(Nc2ccc(N(C)C)cc2)ncn1. The molecule has 0 saturated carbocycles. The van der Waals surface area contributed by atoms with Crippen molar-refractivity contribution < 1.29 is 0 Å². The normalized spacial score (nSPS) is 9.90. The maximum atomic E-state index is 4.20. The maximum Gasteiger partial charge on any atom is 0.135 e. The molecule has 0 bridgehead atoms. The van der Waals surface area contributed by atoms with Gasteiger partial charge in [0.05, 0.1) is 0 Å². The van der Waals surface area contributed by atoms with E-state index in [1.807, 2.05) is 32.3 Å². The van der Waals surface area contributed by atoms with E-state index in [0.717, 1.165) is 23.0 Å². The second-order valence-corrected chi connectivity index (χ2v) is 4.52. The van der Waals surface area contributed by atoms with Crippen molar-refractivity contribution >= 4 is 23.0 Å². The predicted molar refractivity (Wildman–Crippen MR) is 84.8 cm³/mol. The lowest BCUT2D eigenvalue weighted by molar-refractivity contribution is 1.13. The fourth-order valence-electron chi connectivity index (χ4n) is 1.69. The van der Waals surface area contributed by atoms with Crippen molar-refractivity contribution in [3.63, 3.8) is 0 Å². The highest BCUT2D eigenvalue weighted by Gasteiger charge is 2.00. The van der Waals surface area contributed by atoms with Gasteiger partial charge in [-0.3, -0.25) is 0 Å². The molecule has 104 valence electrons. The van der Waals surface area contributed by atoms with E-state index >= 15 is 0 Å². The first kappa shape index (κ1) is 13.9. The van der Waals surface area contributed by atoms with Crippen molar-refractivity contribution in [1.29, 1.82) is 0 Å². The van der Waals surface area contributed by atoms with E-state index in [4.69, 9.17) is 0 Å². The van der Waals surface area contributed by atoms with Crippen molar-refractivity contribution in [3.05, 3.63) is 49.3 Å². The monoisotopic (exact) mass is 269 g/mol. The molecule has 1 heterocycles. The minimum Gasteiger partial charge on any atom is -0.378 e. The van der Waals surface area contributed by atoms with Crippen LogP contribution >= 0.6 is 0 Å². The Kier molecular flexibility index (Phi) is 4.55. The van der Waals surface area contributed by atoms with Gasteiger partial charge in [-0.05, 0) is 24.3 Å². The van der Waals surface area contributed by atoms with Crippen LogP contribution in [-0.4, -0.2) is 30.6 Å². The summed E-state index contributed by atoms with van der Waals surface area (Å²) in [7, 11) is 4.04. The van der Waals surface area contributed by atoms with Gasteiger partial charge in [-0.15, -0.1) is 6.58 Å². The Morgan fingerprint density at radius 3 is 2.50 bits per heavy atom.